The maximum atomic E-state index is 12.3. The van der Waals surface area contributed by atoms with E-state index in [1.165, 1.54) is 18.6 Å². The van der Waals surface area contributed by atoms with Crippen molar-refractivity contribution >= 4 is 11.9 Å². The van der Waals surface area contributed by atoms with Gasteiger partial charge in [-0.05, 0) is 40.0 Å². The van der Waals surface area contributed by atoms with Gasteiger partial charge in [0.2, 0.25) is 0 Å². The van der Waals surface area contributed by atoms with Gasteiger partial charge < -0.3 is 14.6 Å². The summed E-state index contributed by atoms with van der Waals surface area (Å²) in [6, 6.07) is 0. The van der Waals surface area contributed by atoms with E-state index in [2.05, 4.69) is 0 Å². The normalized spacial score (nSPS) is 32.0. The Hall–Kier alpha value is -1.88. The Morgan fingerprint density at radius 2 is 2.04 bits per heavy atom. The number of hydrogen-bond acceptors (Lipinski definition) is 5. The van der Waals surface area contributed by atoms with Crippen LogP contribution < -0.4 is 0 Å². The molecule has 1 N–H and O–H groups in total. The van der Waals surface area contributed by atoms with E-state index in [9.17, 15) is 14.7 Å². The first kappa shape index (κ1) is 21.2. The summed E-state index contributed by atoms with van der Waals surface area (Å²) >= 11 is 0. The molecular formula is C20H30O5. The molecule has 0 bridgehead atoms. The second kappa shape index (κ2) is 8.99. The molecule has 0 aromatic heterocycles. The minimum atomic E-state index is -1.87. The van der Waals surface area contributed by atoms with E-state index in [1.807, 2.05) is 40.7 Å². The van der Waals surface area contributed by atoms with Crippen LogP contribution >= 0.6 is 0 Å². The molecule has 5 unspecified atom stereocenters. The van der Waals surface area contributed by atoms with Crippen molar-refractivity contribution in [3.05, 3.63) is 36.0 Å². The molecule has 0 aliphatic carbocycles. The summed E-state index contributed by atoms with van der Waals surface area (Å²) < 4.78 is 10.9. The lowest BCUT2D eigenvalue weighted by atomic mass is 9.77. The molecule has 140 valence electrons. The molecule has 0 radical (unpaired) electrons. The largest absolute Gasteiger partial charge is 0.459 e. The van der Waals surface area contributed by atoms with Gasteiger partial charge in [0.15, 0.2) is 5.60 Å². The summed E-state index contributed by atoms with van der Waals surface area (Å²) in [4.78, 5) is 24.3. The van der Waals surface area contributed by atoms with Gasteiger partial charge in [-0.3, -0.25) is 0 Å². The van der Waals surface area contributed by atoms with Gasteiger partial charge in [-0.1, -0.05) is 43.7 Å². The van der Waals surface area contributed by atoms with E-state index in [0.29, 0.717) is 0 Å². The topological polar surface area (TPSA) is 72.8 Å². The average Bonchev–Trinajstić information content (AvgIpc) is 2.55. The first-order valence-corrected chi connectivity index (χ1v) is 8.70. The number of carbonyl (C=O) groups excluding carboxylic acids is 2. The van der Waals surface area contributed by atoms with Crippen molar-refractivity contribution in [3.63, 3.8) is 0 Å². The van der Waals surface area contributed by atoms with Crippen LogP contribution in [0.25, 0.3) is 0 Å². The van der Waals surface area contributed by atoms with Crippen molar-refractivity contribution in [2.45, 2.75) is 65.8 Å². The summed E-state index contributed by atoms with van der Waals surface area (Å²) in [7, 11) is 0. The fourth-order valence-corrected chi connectivity index (χ4v) is 3.16. The molecule has 5 nitrogen and oxygen atoms in total. The minimum Gasteiger partial charge on any atom is -0.459 e. The Kier molecular flexibility index (Phi) is 7.61. The van der Waals surface area contributed by atoms with Gasteiger partial charge in [-0.2, -0.15) is 0 Å². The Balaban J connectivity index is 2.99. The highest BCUT2D eigenvalue weighted by atomic mass is 16.6. The third-order valence-electron chi connectivity index (χ3n) is 4.68. The maximum Gasteiger partial charge on any atom is 0.342 e. The molecule has 0 aromatic rings. The molecule has 5 atom stereocenters. The molecular weight excluding hydrogens is 320 g/mol. The van der Waals surface area contributed by atoms with Crippen molar-refractivity contribution in [2.24, 2.45) is 11.8 Å². The van der Waals surface area contributed by atoms with Gasteiger partial charge in [-0.15, -0.1) is 0 Å². The summed E-state index contributed by atoms with van der Waals surface area (Å²) in [5.41, 5.74) is -0.675. The van der Waals surface area contributed by atoms with Crippen LogP contribution in [0.15, 0.2) is 36.0 Å². The average molecular weight is 350 g/mol. The highest BCUT2D eigenvalue weighted by Gasteiger charge is 2.54. The van der Waals surface area contributed by atoms with Crippen LogP contribution in [0, 0.1) is 11.8 Å². The second-order valence-corrected chi connectivity index (χ2v) is 6.94. The van der Waals surface area contributed by atoms with Gasteiger partial charge in [0.1, 0.15) is 12.2 Å². The zero-order valence-electron chi connectivity index (χ0n) is 16.0. The lowest BCUT2D eigenvalue weighted by molar-refractivity contribution is -0.223. The highest BCUT2D eigenvalue weighted by molar-refractivity contribution is 5.85. The van der Waals surface area contributed by atoms with Crippen molar-refractivity contribution < 1.29 is 24.2 Å². The number of esters is 2. The molecule has 0 spiro atoms. The van der Waals surface area contributed by atoms with Crippen LogP contribution in [0.4, 0.5) is 0 Å². The Morgan fingerprint density at radius 3 is 2.60 bits per heavy atom. The third kappa shape index (κ3) is 5.30. The summed E-state index contributed by atoms with van der Waals surface area (Å²) in [5, 5.41) is 10.5. The fourth-order valence-electron chi connectivity index (χ4n) is 3.16. The van der Waals surface area contributed by atoms with Crippen molar-refractivity contribution in [2.75, 3.05) is 0 Å². The van der Waals surface area contributed by atoms with Crippen molar-refractivity contribution in [3.8, 4) is 0 Å². The molecule has 0 aromatic carbocycles. The van der Waals surface area contributed by atoms with E-state index in [0.717, 1.165) is 6.42 Å². The first-order chi connectivity index (χ1) is 11.6. The molecule has 0 amide bonds. The van der Waals surface area contributed by atoms with Crippen molar-refractivity contribution in [1.82, 2.24) is 0 Å². The summed E-state index contributed by atoms with van der Waals surface area (Å²) in [6.07, 6.45) is 7.69. The molecule has 1 aliphatic rings. The van der Waals surface area contributed by atoms with Gasteiger partial charge in [0, 0.05) is 12.0 Å². The predicted octanol–water partition coefficient (Wildman–Crippen LogP) is 3.34. The highest BCUT2D eigenvalue weighted by Crippen LogP contribution is 2.36. The molecule has 5 heteroatoms. The van der Waals surface area contributed by atoms with E-state index in [1.54, 1.807) is 18.2 Å². The van der Waals surface area contributed by atoms with E-state index in [-0.39, 0.29) is 11.8 Å². The number of allylic oxidation sites excluding steroid dienone is 5. The van der Waals surface area contributed by atoms with Crippen LogP contribution in [-0.2, 0) is 19.1 Å². The molecule has 1 aliphatic heterocycles. The summed E-state index contributed by atoms with van der Waals surface area (Å²) in [6.45, 7) is 11.0. The number of rotatable bonds is 6. The van der Waals surface area contributed by atoms with Crippen LogP contribution in [0.1, 0.15) is 48.0 Å². The smallest absolute Gasteiger partial charge is 0.342 e. The Labute approximate surface area is 150 Å². The van der Waals surface area contributed by atoms with E-state index >= 15 is 0 Å². The third-order valence-corrected chi connectivity index (χ3v) is 4.68. The quantitative estimate of drug-likeness (QED) is 0.344. The number of aliphatic hydroxyl groups is 1. The van der Waals surface area contributed by atoms with E-state index in [4.69, 9.17) is 9.47 Å². The second-order valence-electron chi connectivity index (χ2n) is 6.94. The number of cyclic esters (lactones) is 1. The zero-order chi connectivity index (χ0) is 19.2. The lowest BCUT2D eigenvalue weighted by Gasteiger charge is -2.44. The molecule has 1 rings (SSSR count). The van der Waals surface area contributed by atoms with Crippen LogP contribution in [0.3, 0.4) is 0 Å². The van der Waals surface area contributed by atoms with Gasteiger partial charge in [0.25, 0.3) is 0 Å². The molecule has 1 heterocycles. The number of ether oxygens (including phenoxy) is 2. The SMILES string of the molecule is C/C=C/C=C/C(=O)OC1C(C)C(C(C)C/C(C)=C/C)OC(=O)C1(C)O. The predicted molar refractivity (Wildman–Crippen MR) is 96.7 cm³/mol. The van der Waals surface area contributed by atoms with Crippen LogP contribution in [0.5, 0.6) is 0 Å². The van der Waals surface area contributed by atoms with Gasteiger partial charge in [-0.25, -0.2) is 9.59 Å². The number of carbonyl (C=O) groups is 2. The standard InChI is InChI=1S/C20H30O5/c1-7-9-10-11-16(21)24-18-15(5)17(14(4)12-13(3)8-2)25-19(22)20(18,6)23/h7-11,14-15,17-18,23H,12H2,1-6H3/b9-7+,11-10+,13-8+. The molecule has 25 heavy (non-hydrogen) atoms. The van der Waals surface area contributed by atoms with E-state index < -0.39 is 29.7 Å². The van der Waals surface area contributed by atoms with Crippen LogP contribution in [-0.4, -0.2) is 34.9 Å². The monoisotopic (exact) mass is 350 g/mol. The van der Waals surface area contributed by atoms with Crippen LogP contribution in [0.2, 0.25) is 0 Å². The molecule has 1 fully saturated rings. The number of hydrogen-bond donors (Lipinski definition) is 1. The van der Waals surface area contributed by atoms with Crippen molar-refractivity contribution in [1.29, 1.82) is 0 Å². The van der Waals surface area contributed by atoms with Gasteiger partial charge >= 0.3 is 11.9 Å². The zero-order valence-corrected chi connectivity index (χ0v) is 16.0. The lowest BCUT2D eigenvalue weighted by Crippen LogP contribution is -2.61. The molecule has 0 saturated carbocycles. The summed E-state index contributed by atoms with van der Waals surface area (Å²) in [5.74, 6) is -1.63. The first-order valence-electron chi connectivity index (χ1n) is 8.70. The Bertz CT molecular complexity index is 571. The molecule has 1 saturated heterocycles. The fraction of sp³-hybridized carbons (Fsp3) is 0.600. The minimum absolute atomic E-state index is 0.0472. The Morgan fingerprint density at radius 1 is 1.40 bits per heavy atom. The maximum absolute atomic E-state index is 12.3. The van der Waals surface area contributed by atoms with Gasteiger partial charge in [0.05, 0.1) is 0 Å².